The van der Waals surface area contributed by atoms with Crippen molar-refractivity contribution in [2.45, 2.75) is 32.2 Å². The van der Waals surface area contributed by atoms with Crippen LogP contribution < -0.4 is 0 Å². The predicted octanol–water partition coefficient (Wildman–Crippen LogP) is 4.99. The molecule has 0 N–H and O–H groups in total. The van der Waals surface area contributed by atoms with E-state index in [4.69, 9.17) is 10.1 Å². The van der Waals surface area contributed by atoms with Crippen LogP contribution in [0.3, 0.4) is 0 Å². The Kier molecular flexibility index (Phi) is 6.58. The van der Waals surface area contributed by atoms with Gasteiger partial charge in [0.25, 0.3) is 5.91 Å². The van der Waals surface area contributed by atoms with Gasteiger partial charge in [-0.1, -0.05) is 48.5 Å². The summed E-state index contributed by atoms with van der Waals surface area (Å²) in [5.41, 5.74) is 5.70. The molecule has 2 aliphatic rings. The molecule has 0 radical (unpaired) electrons. The van der Waals surface area contributed by atoms with Crippen LogP contribution in [0, 0.1) is 6.92 Å². The van der Waals surface area contributed by atoms with Gasteiger partial charge in [0, 0.05) is 44.3 Å². The van der Waals surface area contributed by atoms with Gasteiger partial charge in [0.15, 0.2) is 5.65 Å². The molecule has 6 nitrogen and oxygen atoms in total. The normalized spacial score (nSPS) is 16.3. The SMILES string of the molecule is Cc1nn(-c2ccccc2)c2nc(C3CC3)cc(C(=O)N3CCN(Cc4ccccc4)CC3)c12.Cl. The molecule has 0 spiro atoms. The summed E-state index contributed by atoms with van der Waals surface area (Å²) < 4.78 is 1.89. The number of pyridine rings is 1. The molecule has 1 saturated heterocycles. The molecule has 0 bridgehead atoms. The van der Waals surface area contributed by atoms with Crippen LogP contribution in [-0.2, 0) is 6.54 Å². The zero-order valence-electron chi connectivity index (χ0n) is 19.9. The topological polar surface area (TPSA) is 54.3 Å². The Labute approximate surface area is 212 Å². The summed E-state index contributed by atoms with van der Waals surface area (Å²) >= 11 is 0. The fraction of sp³-hybridized carbons (Fsp3) is 0.321. The first-order valence-corrected chi connectivity index (χ1v) is 12.2. The minimum Gasteiger partial charge on any atom is -0.336 e. The highest BCUT2D eigenvalue weighted by Gasteiger charge is 2.31. The zero-order chi connectivity index (χ0) is 23.1. The number of amides is 1. The maximum atomic E-state index is 13.8. The Morgan fingerprint density at radius 1 is 0.943 bits per heavy atom. The van der Waals surface area contributed by atoms with Crippen molar-refractivity contribution in [3.05, 3.63) is 89.2 Å². The first-order chi connectivity index (χ1) is 16.7. The summed E-state index contributed by atoms with van der Waals surface area (Å²) in [6.45, 7) is 6.14. The molecule has 35 heavy (non-hydrogen) atoms. The molecule has 2 aromatic heterocycles. The summed E-state index contributed by atoms with van der Waals surface area (Å²) in [5.74, 6) is 0.558. The van der Waals surface area contributed by atoms with Gasteiger partial charge in [-0.15, -0.1) is 12.4 Å². The lowest BCUT2D eigenvalue weighted by molar-refractivity contribution is 0.0630. The highest BCUT2D eigenvalue weighted by molar-refractivity contribution is 6.07. The minimum absolute atomic E-state index is 0. The first-order valence-electron chi connectivity index (χ1n) is 12.2. The largest absolute Gasteiger partial charge is 0.336 e. The first kappa shape index (κ1) is 23.5. The number of hydrogen-bond acceptors (Lipinski definition) is 4. The van der Waals surface area contributed by atoms with Crippen LogP contribution in [0.2, 0.25) is 0 Å². The van der Waals surface area contributed by atoms with Gasteiger partial charge in [0.05, 0.1) is 22.3 Å². The number of rotatable bonds is 5. The van der Waals surface area contributed by atoms with Crippen molar-refractivity contribution in [1.29, 1.82) is 0 Å². The lowest BCUT2D eigenvalue weighted by Crippen LogP contribution is -2.48. The van der Waals surface area contributed by atoms with Crippen molar-refractivity contribution in [2.75, 3.05) is 26.2 Å². The van der Waals surface area contributed by atoms with Crippen LogP contribution in [0.5, 0.6) is 0 Å². The monoisotopic (exact) mass is 487 g/mol. The second-order valence-electron chi connectivity index (χ2n) is 9.45. The quantitative estimate of drug-likeness (QED) is 0.398. The van der Waals surface area contributed by atoms with Gasteiger partial charge in [-0.3, -0.25) is 9.69 Å². The summed E-state index contributed by atoms with van der Waals surface area (Å²) in [6.07, 6.45) is 2.28. The van der Waals surface area contributed by atoms with E-state index in [0.29, 0.717) is 5.92 Å². The Bertz CT molecular complexity index is 1330. The number of aromatic nitrogens is 3. The molecule has 0 atom stereocenters. The highest BCUT2D eigenvalue weighted by Crippen LogP contribution is 2.41. The summed E-state index contributed by atoms with van der Waals surface area (Å²) in [6, 6.07) is 22.7. The number of benzene rings is 2. The van der Waals surface area contributed by atoms with E-state index in [1.807, 2.05) is 59.0 Å². The smallest absolute Gasteiger partial charge is 0.254 e. The maximum Gasteiger partial charge on any atom is 0.254 e. The van der Waals surface area contributed by atoms with E-state index in [9.17, 15) is 4.79 Å². The molecule has 6 rings (SSSR count). The molecule has 0 unspecified atom stereocenters. The number of piperazine rings is 1. The number of aryl methyl sites for hydroxylation is 1. The predicted molar refractivity (Wildman–Crippen MR) is 140 cm³/mol. The lowest BCUT2D eigenvalue weighted by atomic mass is 10.1. The molecule has 2 aromatic carbocycles. The lowest BCUT2D eigenvalue weighted by Gasteiger charge is -2.35. The van der Waals surface area contributed by atoms with Crippen molar-refractivity contribution in [3.8, 4) is 5.69 Å². The third kappa shape index (κ3) is 4.68. The van der Waals surface area contributed by atoms with Crippen LogP contribution in [0.1, 0.15) is 46.1 Å². The van der Waals surface area contributed by atoms with Crippen LogP contribution >= 0.6 is 12.4 Å². The van der Waals surface area contributed by atoms with Crippen LogP contribution in [0.4, 0.5) is 0 Å². The van der Waals surface area contributed by atoms with Gasteiger partial charge in [-0.05, 0) is 43.5 Å². The van der Waals surface area contributed by atoms with Gasteiger partial charge in [-0.25, -0.2) is 9.67 Å². The molecular formula is C28H30ClN5O. The van der Waals surface area contributed by atoms with Gasteiger partial charge in [-0.2, -0.15) is 5.10 Å². The van der Waals surface area contributed by atoms with Crippen LogP contribution in [-0.4, -0.2) is 56.7 Å². The van der Waals surface area contributed by atoms with Crippen molar-refractivity contribution < 1.29 is 4.79 Å². The zero-order valence-corrected chi connectivity index (χ0v) is 20.7. The molecule has 7 heteroatoms. The Morgan fingerprint density at radius 2 is 1.60 bits per heavy atom. The summed E-state index contributed by atoms with van der Waals surface area (Å²) in [7, 11) is 0. The van der Waals surface area contributed by atoms with Crippen molar-refractivity contribution in [1.82, 2.24) is 24.6 Å². The van der Waals surface area contributed by atoms with E-state index in [-0.39, 0.29) is 18.3 Å². The molecule has 1 saturated carbocycles. The van der Waals surface area contributed by atoms with E-state index in [2.05, 4.69) is 29.2 Å². The van der Waals surface area contributed by atoms with Gasteiger partial charge >= 0.3 is 0 Å². The minimum atomic E-state index is 0. The van der Waals surface area contributed by atoms with Crippen LogP contribution in [0.25, 0.3) is 16.7 Å². The standard InChI is InChI=1S/C28H29N5O.ClH/c1-20-26-24(28(34)32-16-14-31(15-17-32)19-21-8-4-2-5-9-21)18-25(22-12-13-22)29-27(26)33(30-20)23-10-6-3-7-11-23;/h2-11,18,22H,12-17,19H2,1H3;1H. The molecule has 1 amide bonds. The third-order valence-electron chi connectivity index (χ3n) is 6.97. The second kappa shape index (κ2) is 9.80. The average molecular weight is 488 g/mol. The number of para-hydroxylation sites is 1. The molecule has 180 valence electrons. The Balaban J connectivity index is 0.00000253. The van der Waals surface area contributed by atoms with Crippen LogP contribution in [0.15, 0.2) is 66.7 Å². The number of carbonyl (C=O) groups excluding carboxylic acids is 1. The Hall–Kier alpha value is -3.22. The molecule has 1 aliphatic carbocycles. The maximum absolute atomic E-state index is 13.8. The average Bonchev–Trinajstić information content (AvgIpc) is 3.68. The van der Waals surface area contributed by atoms with Gasteiger partial charge < -0.3 is 4.90 Å². The number of nitrogens with zero attached hydrogens (tertiary/aromatic N) is 5. The molecule has 1 aliphatic heterocycles. The molecule has 2 fully saturated rings. The van der Waals surface area contributed by atoms with Crippen molar-refractivity contribution >= 4 is 29.3 Å². The highest BCUT2D eigenvalue weighted by atomic mass is 35.5. The number of hydrogen-bond donors (Lipinski definition) is 0. The fourth-order valence-corrected chi connectivity index (χ4v) is 4.94. The van der Waals surface area contributed by atoms with E-state index in [1.165, 1.54) is 5.56 Å². The fourth-order valence-electron chi connectivity index (χ4n) is 4.94. The molecule has 4 aromatic rings. The Morgan fingerprint density at radius 3 is 2.26 bits per heavy atom. The van der Waals surface area contributed by atoms with E-state index in [0.717, 1.165) is 79.2 Å². The number of fused-ring (bicyclic) bond motifs is 1. The molecule has 3 heterocycles. The number of carbonyl (C=O) groups is 1. The summed E-state index contributed by atoms with van der Waals surface area (Å²) in [5, 5.41) is 5.68. The van der Waals surface area contributed by atoms with E-state index < -0.39 is 0 Å². The number of halogens is 1. The van der Waals surface area contributed by atoms with Crippen molar-refractivity contribution in [3.63, 3.8) is 0 Å². The van der Waals surface area contributed by atoms with Gasteiger partial charge in [0.1, 0.15) is 0 Å². The van der Waals surface area contributed by atoms with E-state index in [1.54, 1.807) is 0 Å². The second-order valence-corrected chi connectivity index (χ2v) is 9.45. The van der Waals surface area contributed by atoms with E-state index >= 15 is 0 Å². The van der Waals surface area contributed by atoms with Crippen molar-refractivity contribution in [2.24, 2.45) is 0 Å². The molecular weight excluding hydrogens is 458 g/mol. The third-order valence-corrected chi connectivity index (χ3v) is 6.97. The van der Waals surface area contributed by atoms with Gasteiger partial charge in [0.2, 0.25) is 0 Å². The summed E-state index contributed by atoms with van der Waals surface area (Å²) in [4.78, 5) is 23.2.